The summed E-state index contributed by atoms with van der Waals surface area (Å²) in [7, 11) is 0. The molecule has 5 nitrogen and oxygen atoms in total. The van der Waals surface area contributed by atoms with Crippen LogP contribution in [0.1, 0.15) is 66.7 Å². The Morgan fingerprint density at radius 3 is 2.10 bits per heavy atom. The molecule has 1 aliphatic carbocycles. The quantitative estimate of drug-likeness (QED) is 0.838. The highest BCUT2D eigenvalue weighted by Crippen LogP contribution is 2.17. The molecule has 1 rings (SSSR count). The largest absolute Gasteiger partial charge is 0.444 e. The Kier molecular flexibility index (Phi) is 9.01. The zero-order valence-electron chi connectivity index (χ0n) is 13.5. The van der Waals surface area contributed by atoms with Gasteiger partial charge in [0.25, 0.3) is 0 Å². The fraction of sp³-hybridized carbons (Fsp3) is 0.867. The number of hydrogen-bond donors (Lipinski definition) is 2. The smallest absolute Gasteiger partial charge is 0.408 e. The summed E-state index contributed by atoms with van der Waals surface area (Å²) in [5.41, 5.74) is -0.536. The molecule has 0 unspecified atom stereocenters. The van der Waals surface area contributed by atoms with Crippen molar-refractivity contribution in [1.82, 2.24) is 10.6 Å². The molecule has 0 saturated heterocycles. The van der Waals surface area contributed by atoms with Gasteiger partial charge in [0.05, 0.1) is 0 Å². The van der Waals surface area contributed by atoms with Gasteiger partial charge in [0.15, 0.2) is 0 Å². The summed E-state index contributed by atoms with van der Waals surface area (Å²) >= 11 is 0. The van der Waals surface area contributed by atoms with Crippen molar-refractivity contribution in [3.05, 3.63) is 0 Å². The molecule has 1 fully saturated rings. The summed E-state index contributed by atoms with van der Waals surface area (Å²) in [5.74, 6) is -0.150. The van der Waals surface area contributed by atoms with E-state index in [1.165, 1.54) is 19.3 Å². The normalized spacial score (nSPS) is 15.1. The van der Waals surface area contributed by atoms with E-state index in [1.54, 1.807) is 20.8 Å². The molecule has 118 valence electrons. The molecule has 0 heterocycles. The Labute approximate surface area is 122 Å². The van der Waals surface area contributed by atoms with E-state index in [0.717, 1.165) is 12.8 Å². The lowest BCUT2D eigenvalue weighted by Gasteiger charge is -2.19. The molecule has 20 heavy (non-hydrogen) atoms. The molecule has 0 spiro atoms. The van der Waals surface area contributed by atoms with Gasteiger partial charge < -0.3 is 15.4 Å². The van der Waals surface area contributed by atoms with E-state index in [2.05, 4.69) is 24.5 Å². The molecule has 2 amide bonds. The van der Waals surface area contributed by atoms with E-state index < -0.39 is 11.7 Å². The highest BCUT2D eigenvalue weighted by molar-refractivity contribution is 5.82. The lowest BCUT2D eigenvalue weighted by atomic mass is 10.2. The SMILES string of the molecule is CC(C)(C)OC(=O)NCC(=O)NC1CCCC1.CCC. The fourth-order valence-corrected chi connectivity index (χ4v) is 1.82. The van der Waals surface area contributed by atoms with Gasteiger partial charge in [0.2, 0.25) is 5.91 Å². The van der Waals surface area contributed by atoms with Crippen LogP contribution in [0.5, 0.6) is 0 Å². The van der Waals surface area contributed by atoms with Crippen LogP contribution in [0, 0.1) is 0 Å². The first-order chi connectivity index (χ1) is 9.28. The predicted octanol–water partition coefficient (Wildman–Crippen LogP) is 2.99. The molecule has 0 radical (unpaired) electrons. The molecule has 1 saturated carbocycles. The van der Waals surface area contributed by atoms with Crippen LogP contribution in [-0.4, -0.2) is 30.2 Å². The van der Waals surface area contributed by atoms with Crippen molar-refractivity contribution < 1.29 is 14.3 Å². The molecular weight excluding hydrogens is 256 g/mol. The summed E-state index contributed by atoms with van der Waals surface area (Å²) in [4.78, 5) is 22.8. The maximum Gasteiger partial charge on any atom is 0.408 e. The lowest BCUT2D eigenvalue weighted by Crippen LogP contribution is -2.42. The van der Waals surface area contributed by atoms with Crippen LogP contribution >= 0.6 is 0 Å². The molecule has 0 atom stereocenters. The van der Waals surface area contributed by atoms with Gasteiger partial charge in [-0.25, -0.2) is 4.79 Å². The zero-order chi connectivity index (χ0) is 15.6. The zero-order valence-corrected chi connectivity index (χ0v) is 13.5. The summed E-state index contributed by atoms with van der Waals surface area (Å²) < 4.78 is 5.03. The fourth-order valence-electron chi connectivity index (χ4n) is 1.82. The highest BCUT2D eigenvalue weighted by Gasteiger charge is 2.19. The van der Waals surface area contributed by atoms with E-state index in [9.17, 15) is 9.59 Å². The number of rotatable bonds is 3. The molecular formula is C15H30N2O3. The lowest BCUT2D eigenvalue weighted by molar-refractivity contribution is -0.120. The van der Waals surface area contributed by atoms with Crippen molar-refractivity contribution in [2.75, 3.05) is 6.54 Å². The number of hydrogen-bond acceptors (Lipinski definition) is 3. The average molecular weight is 286 g/mol. The van der Waals surface area contributed by atoms with Crippen molar-refractivity contribution in [2.45, 2.75) is 78.4 Å². The first-order valence-electron chi connectivity index (χ1n) is 7.54. The van der Waals surface area contributed by atoms with E-state index in [4.69, 9.17) is 4.74 Å². The molecule has 0 bridgehead atoms. The Bertz CT molecular complexity index is 292. The Morgan fingerprint density at radius 1 is 1.15 bits per heavy atom. The number of nitrogens with one attached hydrogen (secondary N) is 2. The maximum absolute atomic E-state index is 11.5. The molecule has 0 aliphatic heterocycles. The number of carbonyl (C=O) groups is 2. The second-order valence-electron chi connectivity index (χ2n) is 6.11. The molecule has 0 aromatic rings. The van der Waals surface area contributed by atoms with Crippen molar-refractivity contribution in [3.63, 3.8) is 0 Å². The number of carbonyl (C=O) groups excluding carboxylic acids is 2. The average Bonchev–Trinajstić information content (AvgIpc) is 2.78. The van der Waals surface area contributed by atoms with E-state index in [1.807, 2.05) is 0 Å². The van der Waals surface area contributed by atoms with Crippen LogP contribution in [0.4, 0.5) is 4.79 Å². The van der Waals surface area contributed by atoms with Crippen molar-refractivity contribution in [2.24, 2.45) is 0 Å². The van der Waals surface area contributed by atoms with Crippen LogP contribution in [0.2, 0.25) is 0 Å². The highest BCUT2D eigenvalue weighted by atomic mass is 16.6. The van der Waals surface area contributed by atoms with Gasteiger partial charge in [0.1, 0.15) is 12.1 Å². The van der Waals surface area contributed by atoms with E-state index >= 15 is 0 Å². The number of ether oxygens (including phenoxy) is 1. The molecule has 0 aromatic heterocycles. The predicted molar refractivity (Wildman–Crippen MR) is 80.6 cm³/mol. The standard InChI is InChI=1S/C12H22N2O3.C3H8/c1-12(2,3)17-11(16)13-8-10(15)14-9-6-4-5-7-9;1-3-2/h9H,4-8H2,1-3H3,(H,13,16)(H,14,15);3H2,1-2H3. The number of amides is 2. The Hall–Kier alpha value is -1.26. The van der Waals surface area contributed by atoms with Crippen LogP contribution in [-0.2, 0) is 9.53 Å². The second-order valence-corrected chi connectivity index (χ2v) is 6.11. The Morgan fingerprint density at radius 2 is 1.65 bits per heavy atom. The van der Waals surface area contributed by atoms with Gasteiger partial charge in [-0.2, -0.15) is 0 Å². The number of alkyl carbamates (subject to hydrolysis) is 1. The monoisotopic (exact) mass is 286 g/mol. The topological polar surface area (TPSA) is 67.4 Å². The summed E-state index contributed by atoms with van der Waals surface area (Å²) in [6, 6.07) is 0.280. The van der Waals surface area contributed by atoms with Crippen LogP contribution in [0.15, 0.2) is 0 Å². The second kappa shape index (κ2) is 9.61. The first kappa shape index (κ1) is 18.7. The van der Waals surface area contributed by atoms with Crippen LogP contribution in [0.3, 0.4) is 0 Å². The molecule has 2 N–H and O–H groups in total. The maximum atomic E-state index is 11.5. The molecule has 5 heteroatoms. The van der Waals surface area contributed by atoms with Crippen LogP contribution < -0.4 is 10.6 Å². The summed E-state index contributed by atoms with van der Waals surface area (Å²) in [6.07, 6.45) is 5.12. The minimum atomic E-state index is -0.556. The Balaban J connectivity index is 0.00000110. The third-order valence-corrected chi connectivity index (χ3v) is 2.51. The van der Waals surface area contributed by atoms with Gasteiger partial charge in [-0.1, -0.05) is 33.1 Å². The van der Waals surface area contributed by atoms with E-state index in [0.29, 0.717) is 0 Å². The van der Waals surface area contributed by atoms with Crippen molar-refractivity contribution in [3.8, 4) is 0 Å². The molecule has 0 aromatic carbocycles. The van der Waals surface area contributed by atoms with Gasteiger partial charge in [-0.05, 0) is 33.6 Å². The van der Waals surface area contributed by atoms with Gasteiger partial charge >= 0.3 is 6.09 Å². The van der Waals surface area contributed by atoms with Gasteiger partial charge in [0, 0.05) is 6.04 Å². The first-order valence-corrected chi connectivity index (χ1v) is 7.54. The summed E-state index contributed by atoms with van der Waals surface area (Å²) in [6.45, 7) is 9.58. The summed E-state index contributed by atoms with van der Waals surface area (Å²) in [5, 5.41) is 5.33. The van der Waals surface area contributed by atoms with Crippen molar-refractivity contribution >= 4 is 12.0 Å². The van der Waals surface area contributed by atoms with Gasteiger partial charge in [-0.15, -0.1) is 0 Å². The minimum Gasteiger partial charge on any atom is -0.444 e. The molecule has 1 aliphatic rings. The third-order valence-electron chi connectivity index (χ3n) is 2.51. The van der Waals surface area contributed by atoms with Crippen LogP contribution in [0.25, 0.3) is 0 Å². The minimum absolute atomic E-state index is 0.0224. The van der Waals surface area contributed by atoms with Gasteiger partial charge in [-0.3, -0.25) is 4.79 Å². The van der Waals surface area contributed by atoms with Crippen molar-refractivity contribution in [1.29, 1.82) is 0 Å². The third kappa shape index (κ3) is 10.6. The van der Waals surface area contributed by atoms with E-state index in [-0.39, 0.29) is 18.5 Å².